The van der Waals surface area contributed by atoms with E-state index in [4.69, 9.17) is 19.4 Å². The van der Waals surface area contributed by atoms with E-state index in [1.807, 2.05) is 60.7 Å². The average molecular weight is 769 g/mol. The molecule has 0 radical (unpaired) electrons. The maximum absolute atomic E-state index is 6.72. The number of fused-ring (bicyclic) bond motifs is 4. The Labute approximate surface area is 347 Å². The smallest absolute Gasteiger partial charge is 0.164 e. The van der Waals surface area contributed by atoms with E-state index in [-0.39, 0.29) is 0 Å². The van der Waals surface area contributed by atoms with Crippen molar-refractivity contribution >= 4 is 49.8 Å². The first-order valence-electron chi connectivity index (χ1n) is 20.1. The van der Waals surface area contributed by atoms with Crippen LogP contribution in [0, 0.1) is 0 Å². The summed E-state index contributed by atoms with van der Waals surface area (Å²) in [7, 11) is 0. The molecule has 0 spiro atoms. The Morgan fingerprint density at radius 2 is 0.800 bits per heavy atom. The Kier molecular flexibility index (Phi) is 8.75. The Morgan fingerprint density at radius 1 is 0.317 bits per heavy atom. The van der Waals surface area contributed by atoms with Crippen LogP contribution in [0.2, 0.25) is 0 Å². The number of furan rings is 1. The maximum Gasteiger partial charge on any atom is 0.164 e. The number of rotatable bonds is 8. The van der Waals surface area contributed by atoms with Crippen molar-refractivity contribution in [1.82, 2.24) is 15.0 Å². The topological polar surface area (TPSA) is 55.1 Å². The van der Waals surface area contributed by atoms with Crippen molar-refractivity contribution in [2.75, 3.05) is 4.90 Å². The summed E-state index contributed by atoms with van der Waals surface area (Å²) in [5.74, 6) is 1.76. The van der Waals surface area contributed by atoms with Crippen LogP contribution >= 0.6 is 0 Å². The van der Waals surface area contributed by atoms with Crippen molar-refractivity contribution in [2.45, 2.75) is 0 Å². The lowest BCUT2D eigenvalue weighted by atomic mass is 10.0. The molecular formula is C55H36N4O. The van der Waals surface area contributed by atoms with Crippen molar-refractivity contribution in [2.24, 2.45) is 0 Å². The van der Waals surface area contributed by atoms with Crippen LogP contribution in [-0.4, -0.2) is 15.0 Å². The van der Waals surface area contributed by atoms with E-state index in [9.17, 15) is 0 Å². The number of hydrogen-bond donors (Lipinski definition) is 0. The van der Waals surface area contributed by atoms with Crippen molar-refractivity contribution in [3.63, 3.8) is 0 Å². The fourth-order valence-electron chi connectivity index (χ4n) is 8.21. The van der Waals surface area contributed by atoms with Gasteiger partial charge >= 0.3 is 0 Å². The predicted molar refractivity (Wildman–Crippen MR) is 246 cm³/mol. The molecule has 5 heteroatoms. The summed E-state index contributed by atoms with van der Waals surface area (Å²) in [5, 5.41) is 4.14. The number of hydrogen-bond acceptors (Lipinski definition) is 5. The fourth-order valence-corrected chi connectivity index (χ4v) is 8.21. The van der Waals surface area contributed by atoms with E-state index in [1.54, 1.807) is 0 Å². The number of para-hydroxylation sites is 1. The number of aromatic nitrogens is 3. The van der Waals surface area contributed by atoms with Gasteiger partial charge in [-0.1, -0.05) is 176 Å². The van der Waals surface area contributed by atoms with Gasteiger partial charge in [0.25, 0.3) is 0 Å². The molecule has 0 aliphatic carbocycles. The zero-order valence-corrected chi connectivity index (χ0v) is 32.5. The third-order valence-corrected chi connectivity index (χ3v) is 11.1. The minimum absolute atomic E-state index is 0.559. The molecule has 0 saturated carbocycles. The van der Waals surface area contributed by atoms with Gasteiger partial charge in [-0.3, -0.25) is 0 Å². The lowest BCUT2D eigenvalue weighted by Crippen LogP contribution is -2.10. The second-order valence-corrected chi connectivity index (χ2v) is 14.8. The molecule has 0 N–H and O–H groups in total. The highest BCUT2D eigenvalue weighted by atomic mass is 16.3. The quantitative estimate of drug-likeness (QED) is 0.154. The zero-order valence-electron chi connectivity index (χ0n) is 32.5. The monoisotopic (exact) mass is 768 g/mol. The van der Waals surface area contributed by atoms with Crippen LogP contribution < -0.4 is 4.90 Å². The molecule has 5 nitrogen and oxygen atoms in total. The van der Waals surface area contributed by atoms with E-state index in [0.717, 1.165) is 77.6 Å². The van der Waals surface area contributed by atoms with Gasteiger partial charge in [-0.25, -0.2) is 15.0 Å². The summed E-state index contributed by atoms with van der Waals surface area (Å²) in [4.78, 5) is 18.0. The van der Waals surface area contributed by atoms with Gasteiger partial charge < -0.3 is 9.32 Å². The predicted octanol–water partition coefficient (Wildman–Crippen LogP) is 14.7. The summed E-state index contributed by atoms with van der Waals surface area (Å²) < 4.78 is 6.72. The SMILES string of the molecule is c1ccc(-c2ccc(N(c3ccc(-c4ccccc4)cc3)c3cc(-c4nc(-c5ccccc5)nc(-c5cccc6ccccc56)n4)c4c(c3)oc3ccccc34)cc2)cc1. The lowest BCUT2D eigenvalue weighted by Gasteiger charge is -2.26. The minimum Gasteiger partial charge on any atom is -0.456 e. The first-order valence-corrected chi connectivity index (χ1v) is 20.1. The minimum atomic E-state index is 0.559. The fraction of sp³-hybridized carbons (Fsp3) is 0. The summed E-state index contributed by atoms with van der Waals surface area (Å²) in [5.41, 5.74) is 11.8. The van der Waals surface area contributed by atoms with Crippen LogP contribution in [0.4, 0.5) is 17.1 Å². The first kappa shape index (κ1) is 35.0. The van der Waals surface area contributed by atoms with Gasteiger partial charge in [0.15, 0.2) is 17.5 Å². The van der Waals surface area contributed by atoms with Crippen molar-refractivity contribution in [3.8, 4) is 56.4 Å². The molecule has 2 heterocycles. The van der Waals surface area contributed by atoms with Crippen LogP contribution in [0.25, 0.3) is 89.1 Å². The molecular weight excluding hydrogens is 733 g/mol. The molecule has 60 heavy (non-hydrogen) atoms. The van der Waals surface area contributed by atoms with Gasteiger partial charge in [0.2, 0.25) is 0 Å². The molecule has 0 aliphatic heterocycles. The maximum atomic E-state index is 6.72. The second-order valence-electron chi connectivity index (χ2n) is 14.8. The Hall–Kier alpha value is -8.15. The molecule has 0 unspecified atom stereocenters. The lowest BCUT2D eigenvalue weighted by molar-refractivity contribution is 0.669. The molecule has 11 rings (SSSR count). The molecule has 0 amide bonds. The van der Waals surface area contributed by atoms with Gasteiger partial charge in [0.1, 0.15) is 11.2 Å². The van der Waals surface area contributed by atoms with Gasteiger partial charge in [-0.15, -0.1) is 0 Å². The summed E-state index contributed by atoms with van der Waals surface area (Å²) in [6, 6.07) is 75.7. The Bertz CT molecular complexity index is 3200. The third-order valence-electron chi connectivity index (χ3n) is 11.1. The molecule has 0 bridgehead atoms. The summed E-state index contributed by atoms with van der Waals surface area (Å²) >= 11 is 0. The Morgan fingerprint density at radius 3 is 1.43 bits per heavy atom. The highest BCUT2D eigenvalue weighted by Gasteiger charge is 2.23. The van der Waals surface area contributed by atoms with Crippen LogP contribution in [0.3, 0.4) is 0 Å². The standard InChI is InChI=1S/C55H36N4O/c1-4-15-37(16-5-1)39-27-31-43(32-28-39)59(44-33-29-40(30-34-44)38-17-6-2-7-18-38)45-35-49(52-48-24-12-13-26-50(48)60-51(52)36-45)55-57-53(42-20-8-3-9-21-42)56-54(58-55)47-25-14-22-41-19-10-11-23-46(41)47/h1-36H. The molecule has 2 aromatic heterocycles. The van der Waals surface area contributed by atoms with Crippen molar-refractivity contribution < 1.29 is 4.42 Å². The van der Waals surface area contributed by atoms with Gasteiger partial charge in [0.05, 0.1) is 5.69 Å². The van der Waals surface area contributed by atoms with Crippen LogP contribution in [0.1, 0.15) is 0 Å². The van der Waals surface area contributed by atoms with E-state index >= 15 is 0 Å². The van der Waals surface area contributed by atoms with Crippen LogP contribution in [0.15, 0.2) is 223 Å². The Balaban J connectivity index is 1.16. The number of nitrogens with zero attached hydrogens (tertiary/aromatic N) is 4. The molecule has 0 atom stereocenters. The third kappa shape index (κ3) is 6.45. The van der Waals surface area contributed by atoms with Crippen molar-refractivity contribution in [1.29, 1.82) is 0 Å². The second kappa shape index (κ2) is 15.0. The van der Waals surface area contributed by atoms with E-state index < -0.39 is 0 Å². The number of benzene rings is 9. The molecule has 9 aromatic carbocycles. The largest absolute Gasteiger partial charge is 0.456 e. The molecule has 0 aliphatic rings. The summed E-state index contributed by atoms with van der Waals surface area (Å²) in [6.45, 7) is 0. The van der Waals surface area contributed by atoms with Crippen molar-refractivity contribution in [3.05, 3.63) is 218 Å². The van der Waals surface area contributed by atoms with E-state index in [0.29, 0.717) is 17.5 Å². The van der Waals surface area contributed by atoms with Gasteiger partial charge in [0, 0.05) is 44.9 Å². The highest BCUT2D eigenvalue weighted by molar-refractivity contribution is 6.13. The van der Waals surface area contributed by atoms with Gasteiger partial charge in [-0.05, 0) is 69.4 Å². The summed E-state index contributed by atoms with van der Waals surface area (Å²) in [6.07, 6.45) is 0. The van der Waals surface area contributed by atoms with Crippen LogP contribution in [-0.2, 0) is 0 Å². The van der Waals surface area contributed by atoms with E-state index in [2.05, 4.69) is 163 Å². The van der Waals surface area contributed by atoms with Gasteiger partial charge in [-0.2, -0.15) is 0 Å². The number of anilines is 3. The first-order chi connectivity index (χ1) is 29.7. The average Bonchev–Trinajstić information content (AvgIpc) is 3.71. The van der Waals surface area contributed by atoms with E-state index in [1.165, 1.54) is 11.1 Å². The molecule has 11 aromatic rings. The molecule has 0 saturated heterocycles. The molecule has 282 valence electrons. The highest BCUT2D eigenvalue weighted by Crippen LogP contribution is 2.44. The van der Waals surface area contributed by atoms with Crippen LogP contribution in [0.5, 0.6) is 0 Å². The molecule has 0 fully saturated rings. The normalized spacial score (nSPS) is 11.3. The zero-order chi connectivity index (χ0) is 39.8.